The van der Waals surface area contributed by atoms with Gasteiger partial charge in [-0.25, -0.2) is 9.97 Å². The van der Waals surface area contributed by atoms with Crippen molar-refractivity contribution in [2.45, 2.75) is 153 Å². The van der Waals surface area contributed by atoms with Crippen molar-refractivity contribution >= 4 is 40.3 Å². The Morgan fingerprint density at radius 2 is 1.63 bits per heavy atom. The Kier molecular flexibility index (Phi) is 15.8. The third kappa shape index (κ3) is 11.6. The van der Waals surface area contributed by atoms with Crippen LogP contribution in [0.4, 0.5) is 17.2 Å². The predicted molar refractivity (Wildman–Crippen MR) is 299 cm³/mol. The van der Waals surface area contributed by atoms with Gasteiger partial charge in [-0.05, 0) is 100 Å². The van der Waals surface area contributed by atoms with E-state index >= 15 is 0 Å². The number of phenols is 1. The van der Waals surface area contributed by atoms with Crippen LogP contribution in [0.5, 0.6) is 17.5 Å². The maximum atomic E-state index is 14.3. The van der Waals surface area contributed by atoms with Crippen molar-refractivity contribution in [2.75, 3.05) is 48.3 Å². The number of phenolic OH excluding ortho intramolecular Hbond substituents is 1. The van der Waals surface area contributed by atoms with Crippen LogP contribution in [0.25, 0.3) is 21.8 Å². The summed E-state index contributed by atoms with van der Waals surface area (Å²) in [6.45, 7) is 14.8. The van der Waals surface area contributed by atoms with E-state index in [1.165, 1.54) is 16.2 Å². The van der Waals surface area contributed by atoms with Gasteiger partial charge in [0.25, 0.3) is 5.88 Å². The molecule has 21 heteroatoms. The van der Waals surface area contributed by atoms with Crippen LogP contribution in [0.15, 0.2) is 83.1 Å². The zero-order valence-electron chi connectivity index (χ0n) is 45.7. The van der Waals surface area contributed by atoms with Crippen molar-refractivity contribution in [3.8, 4) is 39.3 Å². The van der Waals surface area contributed by atoms with Crippen molar-refractivity contribution in [3.63, 3.8) is 0 Å². The lowest BCUT2D eigenvalue weighted by Crippen LogP contribution is -2.54. The minimum Gasteiger partial charge on any atom is -0.507 e. The zero-order chi connectivity index (χ0) is 55.1. The lowest BCUT2D eigenvalue weighted by Gasteiger charge is -2.45. The highest BCUT2D eigenvalue weighted by Crippen LogP contribution is 2.41. The highest BCUT2D eigenvalue weighted by molar-refractivity contribution is 7.13. The molecule has 4 saturated heterocycles. The standard InChI is InChI=1S/C58H72N12O8S/c1-32(2)54(58(74)69-30-41(71)22-49(69)57(73)63-35(5)37-11-14-46(61-27-37)55-36(6)62-31-79-55)51-26-53(66-78-51)75-18-17-68-33(3)19-42(20-34(68)4)76-43-23-44(24-43)77-52-21-38(15-16-60-52)70-39-12-13-40(70)29-67(28-39)48-25-47(64-65-56(48)59)45-9-7-8-10-50(45)72/h7-11,14-16,21,25-27,31-35,39-44,49,54,71-72H,12-13,17-20,22-24,28-30H2,1-6H3,(H2,59,65)(H,63,73)/t33-,34+,35-,39+,40?,41+,42?,43?,44?,49-,54?/m0/s1. The van der Waals surface area contributed by atoms with Crippen LogP contribution in [0.3, 0.4) is 0 Å². The van der Waals surface area contributed by atoms with Crippen LogP contribution in [0, 0.1) is 12.8 Å². The summed E-state index contributed by atoms with van der Waals surface area (Å²) < 4.78 is 25.1. The van der Waals surface area contributed by atoms with Gasteiger partial charge in [-0.2, -0.15) is 0 Å². The van der Waals surface area contributed by atoms with E-state index in [9.17, 15) is 19.8 Å². The van der Waals surface area contributed by atoms with E-state index in [0.717, 1.165) is 84.8 Å². The number of carbonyl (C=O) groups excluding carboxylic acids is 2. The minimum absolute atomic E-state index is 0.0369. The number of aliphatic hydroxyl groups is 1. The molecule has 11 rings (SSSR count). The highest BCUT2D eigenvalue weighted by Gasteiger charge is 2.45. The predicted octanol–water partition coefficient (Wildman–Crippen LogP) is 7.32. The normalized spacial score (nSPS) is 25.8. The van der Waals surface area contributed by atoms with Gasteiger partial charge in [0.2, 0.25) is 17.7 Å². The lowest BCUT2D eigenvalue weighted by atomic mass is 9.90. The Hall–Kier alpha value is -6.94. The van der Waals surface area contributed by atoms with Crippen LogP contribution >= 0.6 is 11.3 Å². The van der Waals surface area contributed by atoms with E-state index in [1.54, 1.807) is 29.9 Å². The number of fused-ring (bicyclic) bond motifs is 2. The fraction of sp³-hybridized carbons (Fsp3) is 0.517. The summed E-state index contributed by atoms with van der Waals surface area (Å²) in [5.74, 6) is 0.231. The second-order valence-corrected chi connectivity index (χ2v) is 23.4. The van der Waals surface area contributed by atoms with Gasteiger partial charge < -0.3 is 54.7 Å². The second kappa shape index (κ2) is 23.0. The number of β-amino-alcohol motifs (C(OH)–C–C–N with tert-alkyl or cyclic N) is 1. The number of aliphatic hydroxyl groups excluding tert-OH is 1. The number of hydrogen-bond donors (Lipinski definition) is 4. The number of aromatic nitrogens is 6. The fourth-order valence-electron chi connectivity index (χ4n) is 12.6. The SMILES string of the molecule is Cc1ncsc1-c1ccc([C@H](C)NC(=O)[C@@H]2C[C@@H](O)CN2C(=O)C(c2cc(OCCN3[C@H](C)CC(OC4CC(Oc5cc(N6C7CC[C@@H]6CN(c6cc(-c8ccccc8O)nnc6N)C7)ccn5)C4)C[C@@H]3C)no2)C(C)C)cn1. The van der Waals surface area contributed by atoms with Crippen LogP contribution in [0.2, 0.25) is 0 Å². The van der Waals surface area contributed by atoms with E-state index in [4.69, 9.17) is 24.5 Å². The average molecular weight is 1100 g/mol. The number of nitrogens with zero attached hydrogens (tertiary/aromatic N) is 10. The van der Waals surface area contributed by atoms with E-state index < -0.39 is 18.1 Å². The first kappa shape index (κ1) is 54.0. The Labute approximate surface area is 464 Å². The maximum absolute atomic E-state index is 14.3. The molecule has 0 radical (unpaired) electrons. The van der Waals surface area contributed by atoms with Gasteiger partial charge in [0.1, 0.15) is 30.4 Å². The van der Waals surface area contributed by atoms with E-state index in [-0.39, 0.29) is 85.0 Å². The molecule has 79 heavy (non-hydrogen) atoms. The van der Waals surface area contributed by atoms with E-state index in [1.807, 2.05) is 64.2 Å². The molecule has 1 aromatic carbocycles. The highest BCUT2D eigenvalue weighted by atomic mass is 32.1. The van der Waals surface area contributed by atoms with Crippen molar-refractivity contribution in [1.82, 2.24) is 45.4 Å². The smallest absolute Gasteiger partial charge is 0.254 e. The number of likely N-dealkylation sites (tertiary alicyclic amines) is 2. The summed E-state index contributed by atoms with van der Waals surface area (Å²) in [6.07, 6.45) is 8.76. The quantitative estimate of drug-likeness (QED) is 0.0658. The largest absolute Gasteiger partial charge is 0.507 e. The van der Waals surface area contributed by atoms with Crippen LogP contribution in [0.1, 0.15) is 109 Å². The molecule has 3 unspecified atom stereocenters. The molecule has 5 N–H and O–H groups in total. The number of benzene rings is 1. The van der Waals surface area contributed by atoms with Gasteiger partial charge >= 0.3 is 0 Å². The third-order valence-corrected chi connectivity index (χ3v) is 17.7. The molecule has 0 spiro atoms. The number of nitrogens with two attached hydrogens (primary N) is 1. The number of aromatic hydroxyl groups is 1. The Morgan fingerprint density at radius 3 is 2.34 bits per heavy atom. The van der Waals surface area contributed by atoms with Crippen LogP contribution in [-0.4, -0.2) is 150 Å². The molecule has 20 nitrogen and oxygen atoms in total. The maximum Gasteiger partial charge on any atom is 0.254 e. The number of carbonyl (C=O) groups is 2. The van der Waals surface area contributed by atoms with Gasteiger partial charge in [0.05, 0.1) is 57.5 Å². The van der Waals surface area contributed by atoms with E-state index in [0.29, 0.717) is 47.7 Å². The molecule has 6 aromatic rings. The number of aryl methyl sites for hydroxylation is 1. The van der Waals surface area contributed by atoms with Crippen LogP contribution < -0.4 is 30.3 Å². The summed E-state index contributed by atoms with van der Waals surface area (Å²) >= 11 is 1.53. The molecule has 5 aliphatic rings. The molecule has 1 saturated carbocycles. The number of nitrogen functional groups attached to an aromatic ring is 1. The van der Waals surface area contributed by atoms with Crippen LogP contribution in [-0.2, 0) is 14.3 Å². The van der Waals surface area contributed by atoms with Gasteiger partial charge in [0.15, 0.2) is 11.6 Å². The lowest BCUT2D eigenvalue weighted by molar-refractivity contribution is -0.141. The van der Waals surface area contributed by atoms with Gasteiger partial charge in [-0.3, -0.25) is 19.5 Å². The summed E-state index contributed by atoms with van der Waals surface area (Å²) in [7, 11) is 0. The summed E-state index contributed by atoms with van der Waals surface area (Å²) in [5.41, 5.74) is 13.9. The van der Waals surface area contributed by atoms with Crippen molar-refractivity contribution < 1.29 is 38.5 Å². The molecule has 5 fully saturated rings. The van der Waals surface area contributed by atoms with E-state index in [2.05, 4.69) is 76.3 Å². The number of thiazole rings is 1. The number of rotatable bonds is 18. The summed E-state index contributed by atoms with van der Waals surface area (Å²) in [4.78, 5) is 51.4. The number of nitrogens with one attached hydrogen (secondary N) is 1. The van der Waals surface area contributed by atoms with Crippen molar-refractivity contribution in [2.24, 2.45) is 5.92 Å². The number of piperidine rings is 1. The molecule has 418 valence electrons. The molecule has 9 heterocycles. The number of ether oxygens (including phenoxy) is 3. The minimum atomic E-state index is -0.855. The number of anilines is 3. The zero-order valence-corrected chi connectivity index (χ0v) is 46.5. The molecular weight excluding hydrogens is 1020 g/mol. The third-order valence-electron chi connectivity index (χ3n) is 16.7. The number of pyridine rings is 2. The molecule has 2 amide bonds. The monoisotopic (exact) mass is 1100 g/mol. The Bertz CT molecular complexity index is 3070. The number of hydrogen-bond acceptors (Lipinski definition) is 19. The molecule has 1 aliphatic carbocycles. The molecule has 4 aliphatic heterocycles. The average Bonchev–Trinajstić information content (AvgIpc) is 4.27. The Balaban J connectivity index is 0.620. The molecule has 2 bridgehead atoms. The first-order valence-electron chi connectivity index (χ1n) is 27.9. The summed E-state index contributed by atoms with van der Waals surface area (Å²) in [6, 6.07) is 18.6. The Morgan fingerprint density at radius 1 is 0.873 bits per heavy atom. The number of piperazine rings is 1. The first-order valence-corrected chi connectivity index (χ1v) is 28.7. The fourth-order valence-corrected chi connectivity index (χ4v) is 13.4. The van der Waals surface area contributed by atoms with Crippen molar-refractivity contribution in [1.29, 1.82) is 0 Å². The molecule has 9 atom stereocenters. The van der Waals surface area contributed by atoms with Gasteiger partial charge in [0, 0.05) is 105 Å². The topological polar surface area (TPSA) is 244 Å². The first-order chi connectivity index (χ1) is 38.1. The second-order valence-electron chi connectivity index (χ2n) is 22.6. The van der Waals surface area contributed by atoms with Gasteiger partial charge in [-0.15, -0.1) is 21.5 Å². The number of para-hydroxylation sites is 1. The van der Waals surface area contributed by atoms with Gasteiger partial charge in [-0.1, -0.05) is 32.0 Å². The van der Waals surface area contributed by atoms with Crippen molar-refractivity contribution in [3.05, 3.63) is 95.6 Å². The molecule has 5 aromatic heterocycles. The molecular formula is C58H72N12O8S. The number of amides is 2. The summed E-state index contributed by atoms with van der Waals surface area (Å²) in [5, 5.41) is 37.0.